The Balaban J connectivity index is 1.87. The monoisotopic (exact) mass is 430 g/mol. The number of aryl methyl sites for hydroxylation is 1. The highest BCUT2D eigenvalue weighted by Gasteiger charge is 2.40. The molecular weight excluding hydrogens is 400 g/mol. The Morgan fingerprint density at radius 2 is 1.79 bits per heavy atom. The quantitative estimate of drug-likeness (QED) is 0.622. The first-order chi connectivity index (χ1) is 13.5. The molecule has 3 rings (SSSR count). The van der Waals surface area contributed by atoms with Crippen molar-refractivity contribution in [3.05, 3.63) is 58.9 Å². The molecule has 0 saturated carbocycles. The second-order valence-corrected chi connectivity index (χ2v) is 10.1. The number of aromatic nitrogens is 1. The number of thiocarbonyl (C=S) groups is 1. The zero-order valence-corrected chi connectivity index (χ0v) is 19.5. The van der Waals surface area contributed by atoms with Gasteiger partial charge in [0, 0.05) is 46.8 Å². The van der Waals surface area contributed by atoms with Crippen LogP contribution in [0.15, 0.2) is 42.7 Å². The van der Waals surface area contributed by atoms with Crippen LogP contribution >= 0.6 is 23.8 Å². The summed E-state index contributed by atoms with van der Waals surface area (Å²) in [6.07, 6.45) is 5.69. The van der Waals surface area contributed by atoms with E-state index in [1.165, 1.54) is 5.56 Å². The normalized spacial score (nSPS) is 18.3. The van der Waals surface area contributed by atoms with Crippen molar-refractivity contribution in [1.29, 1.82) is 0 Å². The fourth-order valence-electron chi connectivity index (χ4n) is 4.41. The molecule has 2 aromatic rings. The van der Waals surface area contributed by atoms with Gasteiger partial charge in [0.2, 0.25) is 0 Å². The van der Waals surface area contributed by atoms with Gasteiger partial charge in [-0.3, -0.25) is 4.98 Å². The van der Waals surface area contributed by atoms with Crippen molar-refractivity contribution in [2.45, 2.75) is 71.1 Å². The molecule has 2 N–H and O–H groups in total. The largest absolute Gasteiger partial charge is 0.342 e. The summed E-state index contributed by atoms with van der Waals surface area (Å²) in [4.78, 5) is 6.47. The lowest BCUT2D eigenvalue weighted by molar-refractivity contribution is 0.101. The molecule has 29 heavy (non-hydrogen) atoms. The summed E-state index contributed by atoms with van der Waals surface area (Å²) >= 11 is 12.2. The minimum Gasteiger partial charge on any atom is -0.342 e. The third-order valence-electron chi connectivity index (χ3n) is 5.40. The van der Waals surface area contributed by atoms with Gasteiger partial charge in [-0.2, -0.15) is 0 Å². The van der Waals surface area contributed by atoms with E-state index in [1.54, 1.807) is 0 Å². The third kappa shape index (κ3) is 5.91. The predicted octanol–water partition coefficient (Wildman–Crippen LogP) is 5.55. The lowest BCUT2D eigenvalue weighted by Crippen LogP contribution is -2.63. The molecule has 1 fully saturated rings. The number of rotatable bonds is 4. The number of benzene rings is 1. The zero-order chi connectivity index (χ0) is 21.2. The first kappa shape index (κ1) is 22.0. The Bertz CT molecular complexity index is 850. The molecule has 4 nitrogen and oxygen atoms in total. The zero-order valence-electron chi connectivity index (χ0n) is 17.9. The lowest BCUT2D eigenvalue weighted by atomic mass is 9.79. The van der Waals surface area contributed by atoms with Gasteiger partial charge in [0.05, 0.1) is 0 Å². The highest BCUT2D eigenvalue weighted by atomic mass is 35.5. The summed E-state index contributed by atoms with van der Waals surface area (Å²) in [6.45, 7) is 11.8. The van der Waals surface area contributed by atoms with Crippen LogP contribution in [0.2, 0.25) is 5.02 Å². The van der Waals surface area contributed by atoms with Crippen LogP contribution in [0, 0.1) is 6.92 Å². The van der Waals surface area contributed by atoms with Crippen molar-refractivity contribution < 1.29 is 0 Å². The summed E-state index contributed by atoms with van der Waals surface area (Å²) in [6, 6.07) is 10.4. The second-order valence-electron chi connectivity index (χ2n) is 9.33. The van der Waals surface area contributed by atoms with Crippen LogP contribution in [0.1, 0.15) is 51.7 Å². The maximum Gasteiger partial charge on any atom is 0.173 e. The minimum absolute atomic E-state index is 0.0334. The van der Waals surface area contributed by atoms with Crippen molar-refractivity contribution in [2.24, 2.45) is 0 Å². The molecule has 2 heterocycles. The predicted molar refractivity (Wildman–Crippen MR) is 127 cm³/mol. The molecule has 1 aliphatic heterocycles. The van der Waals surface area contributed by atoms with E-state index in [-0.39, 0.29) is 11.1 Å². The van der Waals surface area contributed by atoms with Gasteiger partial charge < -0.3 is 15.5 Å². The fraction of sp³-hybridized carbons (Fsp3) is 0.478. The summed E-state index contributed by atoms with van der Waals surface area (Å²) in [5.74, 6) is 0. The number of nitrogens with one attached hydrogen (secondary N) is 2. The first-order valence-corrected chi connectivity index (χ1v) is 10.9. The first-order valence-electron chi connectivity index (χ1n) is 10.1. The van der Waals surface area contributed by atoms with Crippen molar-refractivity contribution in [3.63, 3.8) is 0 Å². The van der Waals surface area contributed by atoms with E-state index in [0.717, 1.165) is 40.8 Å². The van der Waals surface area contributed by atoms with Crippen LogP contribution in [0.25, 0.3) is 0 Å². The van der Waals surface area contributed by atoms with Gasteiger partial charge in [-0.25, -0.2) is 0 Å². The average Bonchev–Trinajstić information content (AvgIpc) is 2.61. The summed E-state index contributed by atoms with van der Waals surface area (Å²) in [7, 11) is 0. The summed E-state index contributed by atoms with van der Waals surface area (Å²) in [5, 5.41) is 8.65. The molecule has 0 amide bonds. The highest BCUT2D eigenvalue weighted by molar-refractivity contribution is 7.80. The van der Waals surface area contributed by atoms with E-state index in [1.807, 2.05) is 37.5 Å². The molecule has 1 aromatic heterocycles. The Kier molecular flexibility index (Phi) is 6.51. The number of pyridine rings is 1. The number of hydrogen-bond acceptors (Lipinski definition) is 3. The van der Waals surface area contributed by atoms with Gasteiger partial charge in [-0.15, -0.1) is 0 Å². The van der Waals surface area contributed by atoms with E-state index >= 15 is 0 Å². The van der Waals surface area contributed by atoms with E-state index in [0.29, 0.717) is 6.04 Å². The summed E-state index contributed by atoms with van der Waals surface area (Å²) in [5.41, 5.74) is 3.23. The number of halogens is 1. The van der Waals surface area contributed by atoms with Gasteiger partial charge in [0.1, 0.15) is 0 Å². The standard InChI is InChI=1S/C23H31ClN4S/c1-16-6-7-18(12-20(16)24)26-21(29)28(15-17-8-10-25-11-9-17)19-13-22(2,3)27-23(4,5)14-19/h6-12,19,27H,13-15H2,1-5H3,(H,26,29). The molecule has 1 aromatic carbocycles. The Hall–Kier alpha value is -1.69. The van der Waals surface area contributed by atoms with Crippen molar-refractivity contribution in [2.75, 3.05) is 5.32 Å². The second kappa shape index (κ2) is 8.58. The van der Waals surface area contributed by atoms with Gasteiger partial charge in [-0.1, -0.05) is 17.7 Å². The Morgan fingerprint density at radius 1 is 1.17 bits per heavy atom. The number of piperidine rings is 1. The smallest absolute Gasteiger partial charge is 0.173 e. The molecule has 1 saturated heterocycles. The van der Waals surface area contributed by atoms with E-state index in [2.05, 4.69) is 60.3 Å². The molecule has 0 bridgehead atoms. The molecular formula is C23H31ClN4S. The van der Waals surface area contributed by atoms with E-state index in [9.17, 15) is 0 Å². The van der Waals surface area contributed by atoms with Gasteiger partial charge in [-0.05, 0) is 95.1 Å². The van der Waals surface area contributed by atoms with E-state index in [4.69, 9.17) is 23.8 Å². The fourth-order valence-corrected chi connectivity index (χ4v) is 4.92. The maximum absolute atomic E-state index is 6.32. The molecule has 6 heteroatoms. The average molecular weight is 431 g/mol. The van der Waals surface area contributed by atoms with Crippen LogP contribution < -0.4 is 10.6 Å². The van der Waals surface area contributed by atoms with Crippen molar-refractivity contribution >= 4 is 34.6 Å². The van der Waals surface area contributed by atoms with Crippen LogP contribution in [0.4, 0.5) is 5.69 Å². The maximum atomic E-state index is 6.32. The van der Waals surface area contributed by atoms with Crippen LogP contribution in [0.5, 0.6) is 0 Å². The Morgan fingerprint density at radius 3 is 2.38 bits per heavy atom. The SMILES string of the molecule is Cc1ccc(NC(=S)N(Cc2ccncc2)C2CC(C)(C)NC(C)(C)C2)cc1Cl. The minimum atomic E-state index is 0.0334. The van der Waals surface area contributed by atoms with Crippen molar-refractivity contribution in [1.82, 2.24) is 15.2 Å². The van der Waals surface area contributed by atoms with Crippen LogP contribution in [-0.2, 0) is 6.54 Å². The number of nitrogens with zero attached hydrogens (tertiary/aromatic N) is 2. The molecule has 0 spiro atoms. The number of anilines is 1. The number of hydrogen-bond donors (Lipinski definition) is 2. The summed E-state index contributed by atoms with van der Waals surface area (Å²) < 4.78 is 0. The van der Waals surface area contributed by atoms with Gasteiger partial charge >= 0.3 is 0 Å². The topological polar surface area (TPSA) is 40.2 Å². The molecule has 0 radical (unpaired) electrons. The lowest BCUT2D eigenvalue weighted by Gasteiger charge is -2.50. The molecule has 0 aliphatic carbocycles. The van der Waals surface area contributed by atoms with Gasteiger partial charge in [0.25, 0.3) is 0 Å². The third-order valence-corrected chi connectivity index (χ3v) is 6.14. The van der Waals surface area contributed by atoms with Crippen LogP contribution in [0.3, 0.4) is 0 Å². The highest BCUT2D eigenvalue weighted by Crippen LogP contribution is 2.33. The molecule has 1 aliphatic rings. The molecule has 156 valence electrons. The van der Waals surface area contributed by atoms with Gasteiger partial charge in [0.15, 0.2) is 5.11 Å². The molecule has 0 unspecified atom stereocenters. The van der Waals surface area contributed by atoms with Crippen molar-refractivity contribution in [3.8, 4) is 0 Å². The van der Waals surface area contributed by atoms with Crippen LogP contribution in [-0.4, -0.2) is 32.1 Å². The Labute approximate surface area is 185 Å². The van der Waals surface area contributed by atoms with E-state index < -0.39 is 0 Å². The molecule has 0 atom stereocenters.